The van der Waals surface area contributed by atoms with E-state index in [1.807, 2.05) is 0 Å². The van der Waals surface area contributed by atoms with Crippen LogP contribution in [0.1, 0.15) is 19.8 Å². The van der Waals surface area contributed by atoms with E-state index in [4.69, 9.17) is 17.3 Å². The molecule has 0 saturated carbocycles. The average molecular weight is 332 g/mol. The van der Waals surface area contributed by atoms with Crippen molar-refractivity contribution >= 4 is 35.6 Å². The summed E-state index contributed by atoms with van der Waals surface area (Å²) in [4.78, 5) is 14.3. The Hall–Kier alpha value is -0.810. The molecule has 118 valence electrons. The predicted molar refractivity (Wildman–Crippen MR) is 90.1 cm³/mol. The van der Waals surface area contributed by atoms with E-state index < -0.39 is 0 Å². The monoisotopic (exact) mass is 331 g/mol. The third-order valence-electron chi connectivity index (χ3n) is 3.85. The molecule has 0 radical (unpaired) electrons. The molecule has 1 aromatic rings. The summed E-state index contributed by atoms with van der Waals surface area (Å²) in [6.07, 6.45) is 2.20. The van der Waals surface area contributed by atoms with Crippen LogP contribution in [0, 0.1) is 5.92 Å². The number of piperidine rings is 1. The van der Waals surface area contributed by atoms with E-state index in [0.717, 1.165) is 25.1 Å². The summed E-state index contributed by atoms with van der Waals surface area (Å²) >= 11 is 5.82. The van der Waals surface area contributed by atoms with Gasteiger partial charge in [0.25, 0.3) is 0 Å². The topological polar surface area (TPSA) is 58.4 Å². The molecular weight excluding hydrogens is 309 g/mol. The van der Waals surface area contributed by atoms with Gasteiger partial charge < -0.3 is 11.1 Å². The molecular formula is C15H23Cl2N3O. The van der Waals surface area contributed by atoms with Crippen LogP contribution in [0.3, 0.4) is 0 Å². The van der Waals surface area contributed by atoms with Crippen molar-refractivity contribution in [2.45, 2.75) is 25.8 Å². The highest BCUT2D eigenvalue weighted by Crippen LogP contribution is 2.21. The van der Waals surface area contributed by atoms with Crippen molar-refractivity contribution in [3.05, 3.63) is 29.3 Å². The molecule has 1 heterocycles. The molecule has 6 heteroatoms. The SMILES string of the molecule is CC1CCN(CC(=O)Nc2ccc(Cl)cc2)C(CN)C1.Cl. The number of nitrogens with two attached hydrogens (primary N) is 1. The molecule has 0 aromatic heterocycles. The van der Waals surface area contributed by atoms with Crippen molar-refractivity contribution in [1.82, 2.24) is 4.90 Å². The van der Waals surface area contributed by atoms with Crippen LogP contribution in [0.2, 0.25) is 5.02 Å². The summed E-state index contributed by atoms with van der Waals surface area (Å²) in [5.41, 5.74) is 6.59. The van der Waals surface area contributed by atoms with Crippen LogP contribution in [0.15, 0.2) is 24.3 Å². The zero-order chi connectivity index (χ0) is 14.5. The molecule has 0 aliphatic carbocycles. The van der Waals surface area contributed by atoms with E-state index in [1.165, 1.54) is 0 Å². The van der Waals surface area contributed by atoms with Crippen molar-refractivity contribution in [2.24, 2.45) is 11.7 Å². The molecule has 2 rings (SSSR count). The third kappa shape index (κ3) is 5.47. The second-order valence-corrected chi connectivity index (χ2v) is 5.98. The Kier molecular flexibility index (Phi) is 7.46. The Bertz CT molecular complexity index is 453. The summed E-state index contributed by atoms with van der Waals surface area (Å²) in [7, 11) is 0. The highest BCUT2D eigenvalue weighted by Gasteiger charge is 2.26. The van der Waals surface area contributed by atoms with Crippen molar-refractivity contribution < 1.29 is 4.79 Å². The highest BCUT2D eigenvalue weighted by molar-refractivity contribution is 6.30. The molecule has 1 aliphatic rings. The fourth-order valence-corrected chi connectivity index (χ4v) is 2.80. The zero-order valence-electron chi connectivity index (χ0n) is 12.2. The molecule has 2 unspecified atom stereocenters. The van der Waals surface area contributed by atoms with Gasteiger partial charge in [0.05, 0.1) is 6.54 Å². The van der Waals surface area contributed by atoms with Gasteiger partial charge in [0, 0.05) is 23.3 Å². The van der Waals surface area contributed by atoms with Gasteiger partial charge in [-0.1, -0.05) is 18.5 Å². The largest absolute Gasteiger partial charge is 0.329 e. The van der Waals surface area contributed by atoms with Crippen LogP contribution in [0.4, 0.5) is 5.69 Å². The van der Waals surface area contributed by atoms with E-state index in [1.54, 1.807) is 24.3 Å². The fourth-order valence-electron chi connectivity index (χ4n) is 2.67. The summed E-state index contributed by atoms with van der Waals surface area (Å²) < 4.78 is 0. The van der Waals surface area contributed by atoms with Gasteiger partial charge in [0.1, 0.15) is 0 Å². The number of likely N-dealkylation sites (tertiary alicyclic amines) is 1. The maximum Gasteiger partial charge on any atom is 0.238 e. The molecule has 21 heavy (non-hydrogen) atoms. The molecule has 3 N–H and O–H groups in total. The van der Waals surface area contributed by atoms with Gasteiger partial charge in [-0.15, -0.1) is 12.4 Å². The summed E-state index contributed by atoms with van der Waals surface area (Å²) in [6, 6.07) is 7.46. The summed E-state index contributed by atoms with van der Waals surface area (Å²) in [5, 5.41) is 3.56. The minimum Gasteiger partial charge on any atom is -0.329 e. The minimum absolute atomic E-state index is 0. The second kappa shape index (κ2) is 8.59. The Balaban J connectivity index is 0.00000220. The standard InChI is InChI=1S/C15H22ClN3O.ClH/c1-11-6-7-19(14(8-11)9-17)10-15(20)18-13-4-2-12(16)3-5-13;/h2-5,11,14H,6-10,17H2,1H3,(H,18,20);1H. The Labute approximate surface area is 137 Å². The van der Waals surface area contributed by atoms with Gasteiger partial charge in [-0.05, 0) is 49.6 Å². The van der Waals surface area contributed by atoms with Crippen molar-refractivity contribution in [3.63, 3.8) is 0 Å². The van der Waals surface area contributed by atoms with Gasteiger partial charge in [-0.3, -0.25) is 9.69 Å². The molecule has 1 amide bonds. The average Bonchev–Trinajstić information content (AvgIpc) is 2.43. The van der Waals surface area contributed by atoms with Crippen molar-refractivity contribution in [2.75, 3.05) is 25.0 Å². The third-order valence-corrected chi connectivity index (χ3v) is 4.10. The van der Waals surface area contributed by atoms with E-state index >= 15 is 0 Å². The number of carbonyl (C=O) groups is 1. The number of hydrogen-bond acceptors (Lipinski definition) is 3. The summed E-state index contributed by atoms with van der Waals surface area (Å²) in [5.74, 6) is 0.694. The van der Waals surface area contributed by atoms with Crippen LogP contribution in [0.5, 0.6) is 0 Å². The summed E-state index contributed by atoms with van der Waals surface area (Å²) in [6.45, 7) is 4.20. The second-order valence-electron chi connectivity index (χ2n) is 5.54. The first kappa shape index (κ1) is 18.2. The van der Waals surface area contributed by atoms with Gasteiger partial charge >= 0.3 is 0 Å². The lowest BCUT2D eigenvalue weighted by Gasteiger charge is -2.37. The van der Waals surface area contributed by atoms with Gasteiger partial charge in [0.15, 0.2) is 0 Å². The molecule has 0 bridgehead atoms. The molecule has 1 aromatic carbocycles. The first-order chi connectivity index (χ1) is 9.58. The molecule has 2 atom stereocenters. The van der Waals surface area contributed by atoms with Gasteiger partial charge in [0.2, 0.25) is 5.91 Å². The molecule has 1 fully saturated rings. The number of amides is 1. The van der Waals surface area contributed by atoms with E-state index in [-0.39, 0.29) is 18.3 Å². The van der Waals surface area contributed by atoms with E-state index in [2.05, 4.69) is 17.1 Å². The maximum atomic E-state index is 12.1. The normalized spacial score (nSPS) is 22.4. The number of halogens is 2. The van der Waals surface area contributed by atoms with Crippen LogP contribution >= 0.6 is 24.0 Å². The minimum atomic E-state index is 0. The molecule has 4 nitrogen and oxygen atoms in total. The van der Waals surface area contributed by atoms with E-state index in [0.29, 0.717) is 30.1 Å². The lowest BCUT2D eigenvalue weighted by atomic mass is 9.92. The quantitative estimate of drug-likeness (QED) is 0.891. The number of anilines is 1. The van der Waals surface area contributed by atoms with Crippen LogP contribution in [0.25, 0.3) is 0 Å². The molecule has 0 spiro atoms. The van der Waals surface area contributed by atoms with Gasteiger partial charge in [-0.2, -0.15) is 0 Å². The zero-order valence-corrected chi connectivity index (χ0v) is 13.8. The van der Waals surface area contributed by atoms with Crippen molar-refractivity contribution in [1.29, 1.82) is 0 Å². The lowest BCUT2D eigenvalue weighted by Crippen LogP contribution is -2.49. The number of nitrogens with one attached hydrogen (secondary N) is 1. The van der Waals surface area contributed by atoms with E-state index in [9.17, 15) is 4.79 Å². The lowest BCUT2D eigenvalue weighted by molar-refractivity contribution is -0.118. The number of carbonyl (C=O) groups excluding carboxylic acids is 1. The fraction of sp³-hybridized carbons (Fsp3) is 0.533. The Morgan fingerprint density at radius 3 is 2.71 bits per heavy atom. The number of rotatable bonds is 4. The van der Waals surface area contributed by atoms with Crippen LogP contribution in [-0.4, -0.2) is 36.5 Å². The Morgan fingerprint density at radius 2 is 2.10 bits per heavy atom. The van der Waals surface area contributed by atoms with Crippen LogP contribution in [-0.2, 0) is 4.79 Å². The molecule has 1 saturated heterocycles. The highest BCUT2D eigenvalue weighted by atomic mass is 35.5. The Morgan fingerprint density at radius 1 is 1.43 bits per heavy atom. The number of benzene rings is 1. The maximum absolute atomic E-state index is 12.1. The first-order valence-electron chi connectivity index (χ1n) is 7.08. The number of hydrogen-bond donors (Lipinski definition) is 2. The van der Waals surface area contributed by atoms with Gasteiger partial charge in [-0.25, -0.2) is 0 Å². The van der Waals surface area contributed by atoms with Crippen molar-refractivity contribution in [3.8, 4) is 0 Å². The number of nitrogens with zero attached hydrogens (tertiary/aromatic N) is 1. The molecule has 1 aliphatic heterocycles. The first-order valence-corrected chi connectivity index (χ1v) is 7.46. The predicted octanol–water partition coefficient (Wildman–Crippen LogP) is 2.76. The van der Waals surface area contributed by atoms with Crippen LogP contribution < -0.4 is 11.1 Å². The smallest absolute Gasteiger partial charge is 0.238 e.